The van der Waals surface area contributed by atoms with E-state index >= 15 is 0 Å². The molecule has 0 aliphatic rings. The summed E-state index contributed by atoms with van der Waals surface area (Å²) in [5.74, 6) is -0.306. The van der Waals surface area contributed by atoms with Crippen molar-refractivity contribution in [1.29, 1.82) is 0 Å². The molecule has 3 nitrogen and oxygen atoms in total. The van der Waals surface area contributed by atoms with Crippen LogP contribution in [0.3, 0.4) is 0 Å². The molecule has 0 saturated heterocycles. The number of carbonyl (C=O) groups excluding carboxylic acids is 1. The van der Waals surface area contributed by atoms with E-state index in [2.05, 4.69) is 27.9 Å². The number of benzene rings is 1. The van der Waals surface area contributed by atoms with Crippen LogP contribution in [0, 0.1) is 3.57 Å². The highest BCUT2D eigenvalue weighted by molar-refractivity contribution is 14.1. The number of halogens is 1. The first-order chi connectivity index (χ1) is 8.51. The lowest BCUT2D eigenvalue weighted by atomic mass is 9.93. The van der Waals surface area contributed by atoms with Gasteiger partial charge in [0, 0.05) is 9.26 Å². The van der Waals surface area contributed by atoms with Crippen LogP contribution >= 0.6 is 22.6 Å². The number of aliphatic hydroxyl groups is 1. The van der Waals surface area contributed by atoms with Crippen LogP contribution in [0.2, 0.25) is 0 Å². The third-order valence-electron chi connectivity index (χ3n) is 3.05. The van der Waals surface area contributed by atoms with Crippen molar-refractivity contribution in [1.82, 2.24) is 0 Å². The molecule has 0 aliphatic heterocycles. The van der Waals surface area contributed by atoms with E-state index in [9.17, 15) is 9.90 Å². The molecule has 4 heteroatoms. The molecule has 100 valence electrons. The molecule has 0 spiro atoms. The minimum atomic E-state index is -1.25. The highest BCUT2D eigenvalue weighted by Crippen LogP contribution is 2.21. The summed E-state index contributed by atoms with van der Waals surface area (Å²) >= 11 is 2.21. The SMILES string of the molecule is CCCC[C@@](O)(CC)C(=O)Nc1ccc(I)cc1. The zero-order chi connectivity index (χ0) is 13.6. The molecule has 0 bridgehead atoms. The summed E-state index contributed by atoms with van der Waals surface area (Å²) in [7, 11) is 0. The van der Waals surface area contributed by atoms with Gasteiger partial charge in [-0.2, -0.15) is 0 Å². The van der Waals surface area contributed by atoms with Crippen molar-refractivity contribution in [2.24, 2.45) is 0 Å². The highest BCUT2D eigenvalue weighted by atomic mass is 127. The van der Waals surface area contributed by atoms with Gasteiger partial charge >= 0.3 is 0 Å². The van der Waals surface area contributed by atoms with Crippen LogP contribution in [0.15, 0.2) is 24.3 Å². The van der Waals surface area contributed by atoms with Crippen molar-refractivity contribution < 1.29 is 9.90 Å². The summed E-state index contributed by atoms with van der Waals surface area (Å²) in [4.78, 5) is 12.1. The molecule has 0 saturated carbocycles. The van der Waals surface area contributed by atoms with Gasteiger partial charge in [0.15, 0.2) is 0 Å². The minimum Gasteiger partial charge on any atom is -0.380 e. The summed E-state index contributed by atoms with van der Waals surface area (Å²) in [6.07, 6.45) is 2.77. The monoisotopic (exact) mass is 361 g/mol. The predicted molar refractivity (Wildman–Crippen MR) is 82.6 cm³/mol. The number of hydrogen-bond acceptors (Lipinski definition) is 2. The van der Waals surface area contributed by atoms with Crippen LogP contribution in [-0.4, -0.2) is 16.6 Å². The van der Waals surface area contributed by atoms with Gasteiger partial charge in [-0.25, -0.2) is 0 Å². The number of unbranched alkanes of at least 4 members (excludes halogenated alkanes) is 1. The summed E-state index contributed by atoms with van der Waals surface area (Å²) in [5, 5.41) is 13.1. The molecule has 0 aliphatic carbocycles. The lowest BCUT2D eigenvalue weighted by Gasteiger charge is -2.25. The average molecular weight is 361 g/mol. The van der Waals surface area contributed by atoms with Crippen LogP contribution in [0.1, 0.15) is 39.5 Å². The van der Waals surface area contributed by atoms with Crippen molar-refractivity contribution in [3.8, 4) is 0 Å². The largest absolute Gasteiger partial charge is 0.380 e. The number of anilines is 1. The second kappa shape index (κ2) is 7.09. The Morgan fingerprint density at radius 3 is 2.44 bits per heavy atom. The van der Waals surface area contributed by atoms with E-state index in [-0.39, 0.29) is 5.91 Å². The first-order valence-corrected chi connectivity index (χ1v) is 7.39. The van der Waals surface area contributed by atoms with Crippen LogP contribution in [0.5, 0.6) is 0 Å². The first-order valence-electron chi connectivity index (χ1n) is 6.31. The van der Waals surface area contributed by atoms with Gasteiger partial charge in [-0.15, -0.1) is 0 Å². The van der Waals surface area contributed by atoms with Crippen molar-refractivity contribution >= 4 is 34.2 Å². The van der Waals surface area contributed by atoms with E-state index in [1.165, 1.54) is 0 Å². The Morgan fingerprint density at radius 1 is 1.33 bits per heavy atom. The first kappa shape index (κ1) is 15.4. The lowest BCUT2D eigenvalue weighted by Crippen LogP contribution is -2.42. The van der Waals surface area contributed by atoms with Crippen molar-refractivity contribution in [2.75, 3.05) is 5.32 Å². The molecular formula is C14H20INO2. The molecule has 1 aromatic carbocycles. The third-order valence-corrected chi connectivity index (χ3v) is 3.77. The van der Waals surface area contributed by atoms with Crippen LogP contribution in [0.4, 0.5) is 5.69 Å². The zero-order valence-corrected chi connectivity index (χ0v) is 13.0. The van der Waals surface area contributed by atoms with Gasteiger partial charge in [-0.05, 0) is 59.7 Å². The normalized spacial score (nSPS) is 14.0. The molecular weight excluding hydrogens is 341 g/mol. The maximum absolute atomic E-state index is 12.1. The standard InChI is InChI=1S/C14H20INO2/c1-3-5-10-14(18,4-2)13(17)16-12-8-6-11(15)7-9-12/h6-9,18H,3-5,10H2,1-2H3,(H,16,17)/t14-/m0/s1. The second-order valence-corrected chi connectivity index (χ2v) is 5.70. The molecule has 0 fully saturated rings. The Labute approximate surface area is 122 Å². The molecule has 1 amide bonds. The maximum atomic E-state index is 12.1. The van der Waals surface area contributed by atoms with Crippen LogP contribution in [-0.2, 0) is 4.79 Å². The predicted octanol–water partition coefficient (Wildman–Crippen LogP) is 3.56. The fourth-order valence-corrected chi connectivity index (χ4v) is 2.06. The van der Waals surface area contributed by atoms with E-state index in [1.807, 2.05) is 38.1 Å². The quantitative estimate of drug-likeness (QED) is 0.762. The Morgan fingerprint density at radius 2 is 1.94 bits per heavy atom. The Hall–Kier alpha value is -0.620. The number of amides is 1. The van der Waals surface area contributed by atoms with Gasteiger partial charge < -0.3 is 10.4 Å². The summed E-state index contributed by atoms with van der Waals surface area (Å²) < 4.78 is 1.11. The number of hydrogen-bond donors (Lipinski definition) is 2. The second-order valence-electron chi connectivity index (χ2n) is 4.45. The van der Waals surface area contributed by atoms with Gasteiger partial charge in [-0.3, -0.25) is 4.79 Å². The van der Waals surface area contributed by atoms with E-state index < -0.39 is 5.60 Å². The van der Waals surface area contributed by atoms with Crippen LogP contribution in [0.25, 0.3) is 0 Å². The Kier molecular flexibility index (Phi) is 6.08. The molecule has 1 aromatic rings. The van der Waals surface area contributed by atoms with E-state index in [0.29, 0.717) is 12.8 Å². The topological polar surface area (TPSA) is 49.3 Å². The maximum Gasteiger partial charge on any atom is 0.256 e. The number of carbonyl (C=O) groups is 1. The van der Waals surface area contributed by atoms with Crippen molar-refractivity contribution in [3.05, 3.63) is 27.8 Å². The molecule has 1 atom stereocenters. The summed E-state index contributed by atoms with van der Waals surface area (Å²) in [6, 6.07) is 7.53. The Balaban J connectivity index is 2.70. The summed E-state index contributed by atoms with van der Waals surface area (Å²) in [6.45, 7) is 3.89. The molecule has 1 rings (SSSR count). The number of rotatable bonds is 6. The molecule has 0 radical (unpaired) electrons. The molecule has 0 unspecified atom stereocenters. The molecule has 18 heavy (non-hydrogen) atoms. The Bertz CT molecular complexity index is 391. The van der Waals surface area contributed by atoms with E-state index in [0.717, 1.165) is 22.1 Å². The third kappa shape index (κ3) is 4.24. The van der Waals surface area contributed by atoms with Crippen molar-refractivity contribution in [3.63, 3.8) is 0 Å². The van der Waals surface area contributed by atoms with Gasteiger partial charge in [0.05, 0.1) is 0 Å². The zero-order valence-electron chi connectivity index (χ0n) is 10.9. The van der Waals surface area contributed by atoms with Crippen LogP contribution < -0.4 is 5.32 Å². The van der Waals surface area contributed by atoms with Crippen molar-refractivity contribution in [2.45, 2.75) is 45.1 Å². The lowest BCUT2D eigenvalue weighted by molar-refractivity contribution is -0.135. The minimum absolute atomic E-state index is 0.306. The van der Waals surface area contributed by atoms with E-state index in [1.54, 1.807) is 0 Å². The molecule has 0 heterocycles. The molecule has 0 aromatic heterocycles. The molecule has 2 N–H and O–H groups in total. The van der Waals surface area contributed by atoms with E-state index in [4.69, 9.17) is 0 Å². The fourth-order valence-electron chi connectivity index (χ4n) is 1.70. The van der Waals surface area contributed by atoms with Gasteiger partial charge in [0.2, 0.25) is 0 Å². The van der Waals surface area contributed by atoms with Gasteiger partial charge in [-0.1, -0.05) is 26.7 Å². The summed E-state index contributed by atoms with van der Waals surface area (Å²) in [5.41, 5.74) is -0.525. The number of nitrogens with one attached hydrogen (secondary N) is 1. The van der Waals surface area contributed by atoms with Gasteiger partial charge in [0.1, 0.15) is 5.60 Å². The highest BCUT2D eigenvalue weighted by Gasteiger charge is 2.33. The fraction of sp³-hybridized carbons (Fsp3) is 0.500. The van der Waals surface area contributed by atoms with Gasteiger partial charge in [0.25, 0.3) is 5.91 Å². The smallest absolute Gasteiger partial charge is 0.256 e. The average Bonchev–Trinajstić information content (AvgIpc) is 2.38.